The minimum absolute atomic E-state index is 0.0783. The van der Waals surface area contributed by atoms with Gasteiger partial charge < -0.3 is 24.8 Å². The summed E-state index contributed by atoms with van der Waals surface area (Å²) in [6.07, 6.45) is 8.37. The molecule has 4 heterocycles. The summed E-state index contributed by atoms with van der Waals surface area (Å²) in [6, 6.07) is 7.35. The van der Waals surface area contributed by atoms with Gasteiger partial charge in [0, 0.05) is 81.1 Å². The number of methoxy groups -OCH3 is 1. The first-order valence-corrected chi connectivity index (χ1v) is 19.2. The Labute approximate surface area is 274 Å². The normalized spacial score (nSPS) is 14.7. The van der Waals surface area contributed by atoms with Crippen molar-refractivity contribution in [3.63, 3.8) is 0 Å². The van der Waals surface area contributed by atoms with Gasteiger partial charge in [-0.25, -0.2) is 18.4 Å². The van der Waals surface area contributed by atoms with Crippen molar-refractivity contribution < 1.29 is 22.2 Å². The maximum atomic E-state index is 12.7. The fourth-order valence-corrected chi connectivity index (χ4v) is 7.14. The highest BCUT2D eigenvalue weighted by molar-refractivity contribution is 9.10. The third-order valence-corrected chi connectivity index (χ3v) is 9.98. The van der Waals surface area contributed by atoms with E-state index < -0.39 is 17.2 Å². The summed E-state index contributed by atoms with van der Waals surface area (Å²) in [5.74, 6) is 1.64. The number of sulfone groups is 1. The highest BCUT2D eigenvalue weighted by Crippen LogP contribution is 2.46. The van der Waals surface area contributed by atoms with Gasteiger partial charge in [-0.15, -0.1) is 0 Å². The van der Waals surface area contributed by atoms with E-state index in [4.69, 9.17) is 14.2 Å². The van der Waals surface area contributed by atoms with E-state index in [2.05, 4.69) is 46.6 Å². The zero-order chi connectivity index (χ0) is 32.6. The molecule has 2 N–H and O–H groups in total. The topological polar surface area (TPSA) is 166 Å². The van der Waals surface area contributed by atoms with Gasteiger partial charge in [-0.1, -0.05) is 0 Å². The van der Waals surface area contributed by atoms with Crippen molar-refractivity contribution in [2.45, 2.75) is 0 Å². The molecule has 1 aliphatic heterocycles. The number of fused-ring (bicyclic) bond motifs is 1. The Kier molecular flexibility index (Phi) is 8.61. The third kappa shape index (κ3) is 6.93. The Hall–Kier alpha value is -4.27. The van der Waals surface area contributed by atoms with Crippen LogP contribution in [0.4, 0.5) is 28.8 Å². The van der Waals surface area contributed by atoms with E-state index in [-0.39, 0.29) is 17.5 Å². The maximum absolute atomic E-state index is 12.7. The Balaban J connectivity index is 1.37. The van der Waals surface area contributed by atoms with Crippen LogP contribution in [0.3, 0.4) is 0 Å². The van der Waals surface area contributed by atoms with E-state index >= 15 is 0 Å². The van der Waals surface area contributed by atoms with Crippen LogP contribution < -0.4 is 24.8 Å². The second kappa shape index (κ2) is 12.5. The lowest BCUT2D eigenvalue weighted by Gasteiger charge is -2.31. The molecule has 0 aliphatic carbocycles. The van der Waals surface area contributed by atoms with Gasteiger partial charge in [0.1, 0.15) is 17.1 Å². The fourth-order valence-electron chi connectivity index (χ4n) is 5.03. The molecule has 6 rings (SSSR count). The monoisotopic (exact) mass is 727 g/mol. The number of halogens is 1. The highest BCUT2D eigenvalue weighted by Gasteiger charge is 2.26. The van der Waals surface area contributed by atoms with Crippen molar-refractivity contribution in [2.24, 2.45) is 7.05 Å². The van der Waals surface area contributed by atoms with Gasteiger partial charge in [-0.3, -0.25) is 14.2 Å². The lowest BCUT2D eigenvalue weighted by molar-refractivity contribution is 0.417. The number of rotatable bonds is 9. The van der Waals surface area contributed by atoms with E-state index in [0.717, 1.165) is 16.8 Å². The van der Waals surface area contributed by atoms with Crippen LogP contribution in [0, 0.1) is 0 Å². The van der Waals surface area contributed by atoms with Crippen LogP contribution in [-0.2, 0) is 21.4 Å². The molecule has 0 spiro atoms. The second-order valence-corrected chi connectivity index (χ2v) is 16.8. The van der Waals surface area contributed by atoms with Crippen molar-refractivity contribution in [1.29, 1.82) is 0 Å². The van der Waals surface area contributed by atoms with Crippen LogP contribution in [-0.4, -0.2) is 83.2 Å². The maximum Gasteiger partial charge on any atom is 0.242 e. The third-order valence-electron chi connectivity index (χ3n) is 7.17. The van der Waals surface area contributed by atoms with Crippen LogP contribution >= 0.6 is 23.3 Å². The first kappa shape index (κ1) is 31.7. The largest absolute Gasteiger partial charge is 0.494 e. The number of benzene rings is 2. The molecule has 0 bridgehead atoms. The lowest BCUT2D eigenvalue weighted by atomic mass is 10.0. The highest BCUT2D eigenvalue weighted by atomic mass is 79.9. The molecule has 3 aromatic heterocycles. The molecule has 1 fully saturated rings. The number of hydrogen-bond acceptors (Lipinski definition) is 13. The number of nitrogens with one attached hydrogen (secondary N) is 2. The predicted molar refractivity (Wildman–Crippen MR) is 182 cm³/mol. The molecular weight excluding hydrogens is 697 g/mol. The molecule has 14 nitrogen and oxygen atoms in total. The van der Waals surface area contributed by atoms with Crippen molar-refractivity contribution in [3.8, 4) is 22.6 Å². The summed E-state index contributed by atoms with van der Waals surface area (Å²) >= 11 is 3.52. The van der Waals surface area contributed by atoms with Gasteiger partial charge in [0.2, 0.25) is 13.3 Å². The van der Waals surface area contributed by atoms with Gasteiger partial charge >= 0.3 is 0 Å². The molecule has 0 atom stereocenters. The average molecular weight is 729 g/mol. The molecule has 5 aromatic rings. The Morgan fingerprint density at radius 2 is 1.76 bits per heavy atom. The Bertz CT molecular complexity index is 2090. The summed E-state index contributed by atoms with van der Waals surface area (Å²) in [5, 5.41) is 10.9. The summed E-state index contributed by atoms with van der Waals surface area (Å²) < 4.78 is 51.0. The van der Waals surface area contributed by atoms with Crippen LogP contribution in [0.2, 0.25) is 0 Å². The smallest absolute Gasteiger partial charge is 0.242 e. The summed E-state index contributed by atoms with van der Waals surface area (Å²) in [7, 11) is -2.64. The Morgan fingerprint density at radius 1 is 1.00 bits per heavy atom. The molecule has 17 heteroatoms. The molecule has 46 heavy (non-hydrogen) atoms. The summed E-state index contributed by atoms with van der Waals surface area (Å²) in [5.41, 5.74) is 4.66. The van der Waals surface area contributed by atoms with Crippen LogP contribution in [0.25, 0.3) is 22.2 Å². The number of nitrogens with zero attached hydrogens (tertiary/aromatic N) is 7. The first-order valence-electron chi connectivity index (χ1n) is 14.1. The number of aromatic nitrogens is 6. The molecule has 0 saturated carbocycles. The summed E-state index contributed by atoms with van der Waals surface area (Å²) in [4.78, 5) is 20.0. The van der Waals surface area contributed by atoms with E-state index in [1.54, 1.807) is 48.7 Å². The molecule has 1 aliphatic rings. The molecular formula is C29H31BrN9O5PS. The van der Waals surface area contributed by atoms with E-state index in [1.165, 1.54) is 13.3 Å². The molecule has 0 radical (unpaired) electrons. The average Bonchev–Trinajstić information content (AvgIpc) is 3.45. The quantitative estimate of drug-likeness (QED) is 0.190. The standard InChI is InChI=1S/C29H31BrN9O5PS/c1-38-17-18(15-34-38)19-13-23(25(43-2)14-24(19)39-9-11-46(41,42)12-10-39)36-29-33-16-20(30)28(37-29)35-22-6-5-21-26(32-8-7-31-21)27(22)44-45(3,4)40/h5-8,13-17H,9-12H2,1-4H3,(H2,33,35,36,37). The first-order chi connectivity index (χ1) is 21.9. The van der Waals surface area contributed by atoms with Crippen molar-refractivity contribution >= 4 is 73.0 Å². The Morgan fingerprint density at radius 3 is 2.46 bits per heavy atom. The SMILES string of the molecule is COc1cc(N2CCS(=O)(=O)CC2)c(-c2cnn(C)c2)cc1Nc1ncc(Br)c(Nc2ccc3nccnc3c2OP(C)(C)=O)n1. The van der Waals surface area contributed by atoms with Crippen molar-refractivity contribution in [3.05, 3.63) is 59.7 Å². The van der Waals surface area contributed by atoms with E-state index in [9.17, 15) is 13.0 Å². The summed E-state index contributed by atoms with van der Waals surface area (Å²) in [6.45, 7) is 3.79. The molecule has 0 unspecified atom stereocenters. The minimum atomic E-state index is -3.07. The zero-order valence-electron chi connectivity index (χ0n) is 25.4. The van der Waals surface area contributed by atoms with Gasteiger partial charge in [-0.05, 0) is 34.1 Å². The van der Waals surface area contributed by atoms with Gasteiger partial charge in [0.25, 0.3) is 0 Å². The molecule has 2 aromatic carbocycles. The number of ether oxygens (including phenoxy) is 1. The van der Waals surface area contributed by atoms with Gasteiger partial charge in [0.15, 0.2) is 15.6 Å². The fraction of sp³-hybridized carbons (Fsp3) is 0.276. The van der Waals surface area contributed by atoms with Crippen LogP contribution in [0.15, 0.2) is 59.7 Å². The molecule has 1 saturated heterocycles. The zero-order valence-corrected chi connectivity index (χ0v) is 28.7. The molecule has 240 valence electrons. The van der Waals surface area contributed by atoms with Crippen LogP contribution in [0.5, 0.6) is 11.5 Å². The van der Waals surface area contributed by atoms with E-state index in [0.29, 0.717) is 57.3 Å². The number of anilines is 5. The number of aryl methyl sites for hydroxylation is 1. The van der Waals surface area contributed by atoms with Gasteiger partial charge in [0.05, 0.1) is 46.2 Å². The van der Waals surface area contributed by atoms with Crippen LogP contribution in [0.1, 0.15) is 0 Å². The number of hydrogen-bond donors (Lipinski definition) is 2. The lowest BCUT2D eigenvalue weighted by Crippen LogP contribution is -2.40. The predicted octanol–water partition coefficient (Wildman–Crippen LogP) is 5.23. The second-order valence-electron chi connectivity index (χ2n) is 11.0. The van der Waals surface area contributed by atoms with Crippen molar-refractivity contribution in [2.75, 3.05) is 60.6 Å². The van der Waals surface area contributed by atoms with Gasteiger partial charge in [-0.2, -0.15) is 10.1 Å². The minimum Gasteiger partial charge on any atom is -0.494 e. The molecule has 0 amide bonds. The van der Waals surface area contributed by atoms with E-state index in [1.807, 2.05) is 30.3 Å². The van der Waals surface area contributed by atoms with Crippen molar-refractivity contribution in [1.82, 2.24) is 29.7 Å².